The summed E-state index contributed by atoms with van der Waals surface area (Å²) in [7, 11) is 1.63. The number of hydrogen-bond donors (Lipinski definition) is 0. The third-order valence-electron chi connectivity index (χ3n) is 5.16. The van der Waals surface area contributed by atoms with Gasteiger partial charge < -0.3 is 14.4 Å². The van der Waals surface area contributed by atoms with E-state index in [0.717, 1.165) is 50.6 Å². The number of aromatic nitrogens is 4. The Morgan fingerprint density at radius 2 is 2.04 bits per heavy atom. The second-order valence-electron chi connectivity index (χ2n) is 6.77. The fraction of sp³-hybridized carbons (Fsp3) is 0.706. The van der Waals surface area contributed by atoms with Crippen LogP contribution in [0.2, 0.25) is 0 Å². The van der Waals surface area contributed by atoms with Gasteiger partial charge in [-0.2, -0.15) is 4.52 Å². The summed E-state index contributed by atoms with van der Waals surface area (Å²) in [6.07, 6.45) is 6.34. The minimum absolute atomic E-state index is 0.406. The van der Waals surface area contributed by atoms with E-state index in [9.17, 15) is 0 Å². The molecule has 2 aliphatic rings. The van der Waals surface area contributed by atoms with Crippen molar-refractivity contribution < 1.29 is 9.47 Å². The predicted molar refractivity (Wildman–Crippen MR) is 89.3 cm³/mol. The Morgan fingerprint density at radius 1 is 1.17 bits per heavy atom. The number of fused-ring (bicyclic) bond motifs is 1. The minimum Gasteiger partial charge on any atom is -0.480 e. The molecule has 0 bridgehead atoms. The number of rotatable bonds is 4. The molecule has 2 aliphatic heterocycles. The fourth-order valence-electron chi connectivity index (χ4n) is 3.77. The van der Waals surface area contributed by atoms with E-state index >= 15 is 0 Å². The first kappa shape index (κ1) is 15.8. The maximum atomic E-state index is 5.87. The molecule has 130 valence electrons. The molecule has 24 heavy (non-hydrogen) atoms. The lowest BCUT2D eigenvalue weighted by molar-refractivity contribution is -0.00965. The number of nitrogens with zero attached hydrogens (tertiary/aromatic N) is 5. The van der Waals surface area contributed by atoms with E-state index in [0.29, 0.717) is 17.9 Å². The third kappa shape index (κ3) is 3.23. The van der Waals surface area contributed by atoms with Crippen LogP contribution < -0.4 is 4.74 Å². The molecule has 4 rings (SSSR count). The van der Waals surface area contributed by atoms with Crippen molar-refractivity contribution in [3.63, 3.8) is 0 Å². The van der Waals surface area contributed by atoms with Crippen molar-refractivity contribution in [1.82, 2.24) is 24.7 Å². The highest BCUT2D eigenvalue weighted by Crippen LogP contribution is 2.28. The SMILES string of the molecule is COc1ccc2nnc(C3CCN(CC4CCCCO4)CC3)n2n1. The maximum absolute atomic E-state index is 5.87. The van der Waals surface area contributed by atoms with Crippen LogP contribution in [0.25, 0.3) is 5.65 Å². The van der Waals surface area contributed by atoms with Crippen LogP contribution in [0.3, 0.4) is 0 Å². The second-order valence-corrected chi connectivity index (χ2v) is 6.77. The van der Waals surface area contributed by atoms with Gasteiger partial charge in [-0.15, -0.1) is 15.3 Å². The molecule has 2 aromatic heterocycles. The zero-order valence-electron chi connectivity index (χ0n) is 14.2. The zero-order valence-corrected chi connectivity index (χ0v) is 14.2. The Balaban J connectivity index is 1.40. The molecule has 0 amide bonds. The van der Waals surface area contributed by atoms with E-state index in [1.807, 2.05) is 16.6 Å². The molecule has 0 spiro atoms. The molecule has 1 unspecified atom stereocenters. The summed E-state index contributed by atoms with van der Waals surface area (Å²) in [5.74, 6) is 1.95. The van der Waals surface area contributed by atoms with Crippen molar-refractivity contribution in [2.75, 3.05) is 33.4 Å². The van der Waals surface area contributed by atoms with Gasteiger partial charge in [0.2, 0.25) is 5.88 Å². The largest absolute Gasteiger partial charge is 0.480 e. The third-order valence-corrected chi connectivity index (χ3v) is 5.16. The number of methoxy groups -OCH3 is 1. The number of hydrogen-bond acceptors (Lipinski definition) is 6. The molecule has 1 atom stereocenters. The van der Waals surface area contributed by atoms with Crippen molar-refractivity contribution in [2.24, 2.45) is 0 Å². The normalized spacial score (nSPS) is 23.6. The lowest BCUT2D eigenvalue weighted by Crippen LogP contribution is -2.40. The van der Waals surface area contributed by atoms with E-state index in [2.05, 4.69) is 20.2 Å². The van der Waals surface area contributed by atoms with Gasteiger partial charge in [0.15, 0.2) is 11.5 Å². The Hall–Kier alpha value is -1.73. The fourth-order valence-corrected chi connectivity index (χ4v) is 3.77. The first-order chi connectivity index (χ1) is 11.8. The van der Waals surface area contributed by atoms with Gasteiger partial charge in [-0.3, -0.25) is 0 Å². The summed E-state index contributed by atoms with van der Waals surface area (Å²) < 4.78 is 12.9. The van der Waals surface area contributed by atoms with Crippen LogP contribution in [0.1, 0.15) is 43.8 Å². The van der Waals surface area contributed by atoms with Gasteiger partial charge in [-0.25, -0.2) is 0 Å². The molecule has 4 heterocycles. The molecule has 7 nitrogen and oxygen atoms in total. The Morgan fingerprint density at radius 3 is 2.79 bits per heavy atom. The van der Waals surface area contributed by atoms with E-state index < -0.39 is 0 Å². The minimum atomic E-state index is 0.406. The molecule has 0 aromatic carbocycles. The smallest absolute Gasteiger partial charge is 0.231 e. The van der Waals surface area contributed by atoms with Crippen LogP contribution in [-0.2, 0) is 4.74 Å². The summed E-state index contributed by atoms with van der Waals surface area (Å²) in [5, 5.41) is 13.1. The average Bonchev–Trinajstić information content (AvgIpc) is 3.06. The zero-order chi connectivity index (χ0) is 16.4. The monoisotopic (exact) mass is 331 g/mol. The summed E-state index contributed by atoms with van der Waals surface area (Å²) >= 11 is 0. The van der Waals surface area contributed by atoms with Crippen molar-refractivity contribution in [3.8, 4) is 5.88 Å². The number of piperidine rings is 1. The van der Waals surface area contributed by atoms with Crippen molar-refractivity contribution >= 4 is 5.65 Å². The average molecular weight is 331 g/mol. The molecule has 2 aromatic rings. The van der Waals surface area contributed by atoms with Crippen LogP contribution in [0, 0.1) is 0 Å². The van der Waals surface area contributed by atoms with E-state index in [-0.39, 0.29) is 0 Å². The molecule has 2 saturated heterocycles. The molecule has 0 N–H and O–H groups in total. The van der Waals surface area contributed by atoms with Crippen LogP contribution in [-0.4, -0.2) is 64.2 Å². The molecular weight excluding hydrogens is 306 g/mol. The standard InChI is InChI=1S/C17H25N5O2/c1-23-16-6-5-15-18-19-17(22(15)20-16)13-7-9-21(10-8-13)12-14-4-2-3-11-24-14/h5-6,13-14H,2-4,7-12H2,1H3. The van der Waals surface area contributed by atoms with Crippen LogP contribution in [0.4, 0.5) is 0 Å². The molecule has 0 saturated carbocycles. The highest BCUT2D eigenvalue weighted by molar-refractivity contribution is 5.38. The molecule has 0 radical (unpaired) electrons. The quantitative estimate of drug-likeness (QED) is 0.852. The van der Waals surface area contributed by atoms with Gasteiger partial charge >= 0.3 is 0 Å². The second kappa shape index (κ2) is 7.03. The highest BCUT2D eigenvalue weighted by Gasteiger charge is 2.27. The maximum Gasteiger partial charge on any atom is 0.231 e. The van der Waals surface area contributed by atoms with Crippen LogP contribution in [0.5, 0.6) is 5.88 Å². The van der Waals surface area contributed by atoms with Crippen LogP contribution >= 0.6 is 0 Å². The van der Waals surface area contributed by atoms with Crippen LogP contribution in [0.15, 0.2) is 12.1 Å². The first-order valence-electron chi connectivity index (χ1n) is 8.94. The predicted octanol–water partition coefficient (Wildman–Crippen LogP) is 1.88. The van der Waals surface area contributed by atoms with Gasteiger partial charge in [0.1, 0.15) is 0 Å². The van der Waals surface area contributed by atoms with Crippen molar-refractivity contribution in [1.29, 1.82) is 0 Å². The van der Waals surface area contributed by atoms with Gasteiger partial charge in [-0.1, -0.05) is 0 Å². The molecule has 2 fully saturated rings. The van der Waals surface area contributed by atoms with Crippen molar-refractivity contribution in [3.05, 3.63) is 18.0 Å². The highest BCUT2D eigenvalue weighted by atomic mass is 16.5. The van der Waals surface area contributed by atoms with E-state index in [1.54, 1.807) is 7.11 Å². The van der Waals surface area contributed by atoms with Gasteiger partial charge in [-0.05, 0) is 51.3 Å². The van der Waals surface area contributed by atoms with Gasteiger partial charge in [0, 0.05) is 25.1 Å². The molecule has 7 heteroatoms. The summed E-state index contributed by atoms with van der Waals surface area (Å²) in [6.45, 7) is 4.17. The Kier molecular flexibility index (Phi) is 4.62. The van der Waals surface area contributed by atoms with Gasteiger partial charge in [0.25, 0.3) is 0 Å². The summed E-state index contributed by atoms with van der Waals surface area (Å²) in [4.78, 5) is 2.53. The summed E-state index contributed by atoms with van der Waals surface area (Å²) in [6, 6.07) is 3.72. The van der Waals surface area contributed by atoms with E-state index in [1.165, 1.54) is 19.3 Å². The first-order valence-corrected chi connectivity index (χ1v) is 8.94. The number of ether oxygens (including phenoxy) is 2. The molecular formula is C17H25N5O2. The number of likely N-dealkylation sites (tertiary alicyclic amines) is 1. The molecule has 0 aliphatic carbocycles. The Labute approximate surface area is 141 Å². The topological polar surface area (TPSA) is 64.8 Å². The van der Waals surface area contributed by atoms with Gasteiger partial charge in [0.05, 0.1) is 13.2 Å². The van der Waals surface area contributed by atoms with E-state index in [4.69, 9.17) is 9.47 Å². The summed E-state index contributed by atoms with van der Waals surface area (Å²) in [5.41, 5.74) is 0.781. The van der Waals surface area contributed by atoms with Crippen molar-refractivity contribution in [2.45, 2.75) is 44.1 Å². The Bertz CT molecular complexity index is 675. The lowest BCUT2D eigenvalue weighted by Gasteiger charge is -2.34. The lowest BCUT2D eigenvalue weighted by atomic mass is 9.95.